The molecule has 77 heavy (non-hydrogen) atoms. The second-order valence-corrected chi connectivity index (χ2v) is 22.7. The largest absolute Gasteiger partial charge is 0.462 e. The second-order valence-electron chi connectivity index (χ2n) is 22.7. The highest BCUT2D eigenvalue weighted by molar-refractivity contribution is 5.71. The summed E-state index contributed by atoms with van der Waals surface area (Å²) in [5, 5.41) is 0. The van der Waals surface area contributed by atoms with Gasteiger partial charge < -0.3 is 14.2 Å². The van der Waals surface area contributed by atoms with E-state index in [2.05, 4.69) is 81.5 Å². The molecule has 0 saturated heterocycles. The van der Waals surface area contributed by atoms with Gasteiger partial charge in [-0.05, 0) is 103 Å². The van der Waals surface area contributed by atoms with Gasteiger partial charge in [0, 0.05) is 19.3 Å². The molecule has 0 aliphatic heterocycles. The molecular formula is C71H128O6. The van der Waals surface area contributed by atoms with Crippen molar-refractivity contribution >= 4 is 17.9 Å². The van der Waals surface area contributed by atoms with Crippen molar-refractivity contribution in [3.8, 4) is 0 Å². The van der Waals surface area contributed by atoms with Crippen LogP contribution in [-0.2, 0) is 28.6 Å². The first kappa shape index (κ1) is 74.1. The van der Waals surface area contributed by atoms with Crippen molar-refractivity contribution in [3.63, 3.8) is 0 Å². The highest BCUT2D eigenvalue weighted by Crippen LogP contribution is 2.17. The third kappa shape index (κ3) is 63.8. The standard InChI is InChI=1S/C71H128O6/c1-4-7-10-13-16-19-22-25-27-29-31-33-34-35-36-38-39-41-43-46-49-52-55-58-61-64-70(73)76-67-68(66-75-69(72)63-60-57-54-51-48-45-24-21-18-15-12-9-6-3)77-71(74)65-62-59-56-53-50-47-44-42-40-37-32-30-28-26-23-20-17-14-11-8-5-2/h12,15,21-22,24-25,29-32,68H,4-11,13-14,16-20,23,26-28,33-67H2,1-3H3/b15-12-,24-21-,25-22-,31-29-,32-30-. The lowest BCUT2D eigenvalue weighted by atomic mass is 10.0. The molecule has 0 saturated carbocycles. The fourth-order valence-electron chi connectivity index (χ4n) is 9.86. The zero-order valence-electron chi connectivity index (χ0n) is 51.5. The van der Waals surface area contributed by atoms with Gasteiger partial charge in [-0.1, -0.05) is 293 Å². The van der Waals surface area contributed by atoms with E-state index in [4.69, 9.17) is 14.2 Å². The molecule has 0 heterocycles. The van der Waals surface area contributed by atoms with Crippen LogP contribution in [0, 0.1) is 0 Å². The zero-order chi connectivity index (χ0) is 55.7. The summed E-state index contributed by atoms with van der Waals surface area (Å²) in [6.07, 6.45) is 83.8. The first-order valence-electron chi connectivity index (χ1n) is 33.8. The Hall–Kier alpha value is -2.89. The first-order chi connectivity index (χ1) is 38.0. The summed E-state index contributed by atoms with van der Waals surface area (Å²) in [6, 6.07) is 0. The van der Waals surface area contributed by atoms with Crippen molar-refractivity contribution in [1.82, 2.24) is 0 Å². The normalized spacial score (nSPS) is 12.4. The van der Waals surface area contributed by atoms with Gasteiger partial charge in [0.25, 0.3) is 0 Å². The number of hydrogen-bond donors (Lipinski definition) is 0. The lowest BCUT2D eigenvalue weighted by Gasteiger charge is -2.18. The third-order valence-electron chi connectivity index (χ3n) is 14.9. The summed E-state index contributed by atoms with van der Waals surface area (Å²) in [4.78, 5) is 38.4. The van der Waals surface area contributed by atoms with Gasteiger partial charge in [-0.3, -0.25) is 14.4 Å². The summed E-state index contributed by atoms with van der Waals surface area (Å²) >= 11 is 0. The number of esters is 3. The van der Waals surface area contributed by atoms with Crippen LogP contribution in [0.25, 0.3) is 0 Å². The zero-order valence-corrected chi connectivity index (χ0v) is 51.5. The summed E-state index contributed by atoms with van der Waals surface area (Å²) in [5.41, 5.74) is 0. The Kier molecular flexibility index (Phi) is 63.2. The molecule has 0 bridgehead atoms. The second kappa shape index (κ2) is 65.6. The number of carbonyl (C=O) groups excluding carboxylic acids is 3. The highest BCUT2D eigenvalue weighted by Gasteiger charge is 2.19. The van der Waals surface area contributed by atoms with Crippen LogP contribution in [-0.4, -0.2) is 37.2 Å². The molecule has 6 heteroatoms. The first-order valence-corrected chi connectivity index (χ1v) is 33.8. The van der Waals surface area contributed by atoms with E-state index < -0.39 is 6.10 Å². The van der Waals surface area contributed by atoms with Gasteiger partial charge in [0.2, 0.25) is 0 Å². The number of rotatable bonds is 62. The van der Waals surface area contributed by atoms with Crippen molar-refractivity contribution < 1.29 is 28.6 Å². The van der Waals surface area contributed by atoms with Crippen LogP contribution < -0.4 is 0 Å². The molecule has 0 fully saturated rings. The molecule has 0 aromatic rings. The molecule has 0 aromatic carbocycles. The average molecular weight is 1080 g/mol. The van der Waals surface area contributed by atoms with Crippen LogP contribution in [0.2, 0.25) is 0 Å². The summed E-state index contributed by atoms with van der Waals surface area (Å²) < 4.78 is 16.9. The van der Waals surface area contributed by atoms with Crippen LogP contribution in [0.3, 0.4) is 0 Å². The molecule has 1 atom stereocenters. The average Bonchev–Trinajstić information content (AvgIpc) is 3.43. The number of allylic oxidation sites excluding steroid dienone is 10. The third-order valence-corrected chi connectivity index (χ3v) is 14.9. The molecule has 6 nitrogen and oxygen atoms in total. The van der Waals surface area contributed by atoms with Crippen molar-refractivity contribution in [1.29, 1.82) is 0 Å². The van der Waals surface area contributed by atoms with E-state index >= 15 is 0 Å². The summed E-state index contributed by atoms with van der Waals surface area (Å²) in [7, 11) is 0. The van der Waals surface area contributed by atoms with E-state index in [0.29, 0.717) is 19.3 Å². The minimum absolute atomic E-state index is 0.0777. The van der Waals surface area contributed by atoms with Gasteiger partial charge in [0.05, 0.1) is 0 Å². The number of ether oxygens (including phenoxy) is 3. The van der Waals surface area contributed by atoms with Crippen molar-refractivity contribution in [3.05, 3.63) is 60.8 Å². The smallest absolute Gasteiger partial charge is 0.306 e. The summed E-state index contributed by atoms with van der Waals surface area (Å²) in [6.45, 7) is 6.60. The van der Waals surface area contributed by atoms with Crippen LogP contribution >= 0.6 is 0 Å². The molecule has 0 aromatic heterocycles. The van der Waals surface area contributed by atoms with Gasteiger partial charge in [-0.2, -0.15) is 0 Å². The van der Waals surface area contributed by atoms with Gasteiger partial charge in [-0.15, -0.1) is 0 Å². The molecule has 0 spiro atoms. The van der Waals surface area contributed by atoms with Crippen LogP contribution in [0.5, 0.6) is 0 Å². The van der Waals surface area contributed by atoms with E-state index in [9.17, 15) is 14.4 Å². The molecule has 448 valence electrons. The molecule has 0 aliphatic carbocycles. The monoisotopic (exact) mass is 1080 g/mol. The lowest BCUT2D eigenvalue weighted by molar-refractivity contribution is -0.167. The molecular weight excluding hydrogens is 949 g/mol. The van der Waals surface area contributed by atoms with E-state index in [1.807, 2.05) is 0 Å². The van der Waals surface area contributed by atoms with Crippen molar-refractivity contribution in [2.75, 3.05) is 13.2 Å². The van der Waals surface area contributed by atoms with E-state index in [-0.39, 0.29) is 31.1 Å². The molecule has 0 radical (unpaired) electrons. The Morgan fingerprint density at radius 3 is 0.779 bits per heavy atom. The predicted octanol–water partition coefficient (Wildman–Crippen LogP) is 23.1. The Morgan fingerprint density at radius 1 is 0.260 bits per heavy atom. The van der Waals surface area contributed by atoms with Crippen LogP contribution in [0.1, 0.15) is 355 Å². The minimum Gasteiger partial charge on any atom is -0.462 e. The SMILES string of the molecule is CCC/C=C\C/C=C\CCCCCCCC(=O)OCC(COC(=O)CCCCCCCCCCCCCCC/C=C\C/C=C\CCCCCCC)OC(=O)CCCCCCCCCCC/C=C\CCCCCCCCCC. The maximum absolute atomic E-state index is 12.9. The minimum atomic E-state index is -0.782. The van der Waals surface area contributed by atoms with Gasteiger partial charge in [0.15, 0.2) is 6.10 Å². The number of hydrogen-bond acceptors (Lipinski definition) is 6. The Labute approximate surface area is 479 Å². The van der Waals surface area contributed by atoms with Crippen molar-refractivity contribution in [2.45, 2.75) is 361 Å². The quantitative estimate of drug-likeness (QED) is 0.0261. The Balaban J connectivity index is 4.28. The summed E-state index contributed by atoms with van der Waals surface area (Å²) in [5.74, 6) is -0.876. The molecule has 0 N–H and O–H groups in total. The molecule has 0 amide bonds. The Bertz CT molecular complexity index is 1380. The fraction of sp³-hybridized carbons (Fsp3) is 0.817. The molecule has 1 unspecified atom stereocenters. The predicted molar refractivity (Wildman–Crippen MR) is 335 cm³/mol. The fourth-order valence-corrected chi connectivity index (χ4v) is 9.86. The topological polar surface area (TPSA) is 78.9 Å². The van der Waals surface area contributed by atoms with Gasteiger partial charge in [-0.25, -0.2) is 0 Å². The van der Waals surface area contributed by atoms with E-state index in [0.717, 1.165) is 89.9 Å². The van der Waals surface area contributed by atoms with E-state index in [1.54, 1.807) is 0 Å². The maximum atomic E-state index is 12.9. The van der Waals surface area contributed by atoms with Gasteiger partial charge >= 0.3 is 17.9 Å². The lowest BCUT2D eigenvalue weighted by Crippen LogP contribution is -2.30. The molecule has 0 aliphatic rings. The number of carbonyl (C=O) groups is 3. The maximum Gasteiger partial charge on any atom is 0.306 e. The van der Waals surface area contributed by atoms with E-state index in [1.165, 1.54) is 225 Å². The van der Waals surface area contributed by atoms with Crippen LogP contribution in [0.15, 0.2) is 60.8 Å². The van der Waals surface area contributed by atoms with Gasteiger partial charge in [0.1, 0.15) is 13.2 Å². The Morgan fingerprint density at radius 2 is 0.494 bits per heavy atom. The molecule has 0 rings (SSSR count). The van der Waals surface area contributed by atoms with Crippen LogP contribution in [0.4, 0.5) is 0 Å². The highest BCUT2D eigenvalue weighted by atomic mass is 16.6. The number of unbranched alkanes of at least 4 members (excludes halogenated alkanes) is 41. The van der Waals surface area contributed by atoms with Crippen molar-refractivity contribution in [2.24, 2.45) is 0 Å².